The van der Waals surface area contributed by atoms with Crippen molar-refractivity contribution in [3.8, 4) is 5.75 Å². The Morgan fingerprint density at radius 1 is 1.42 bits per heavy atom. The minimum Gasteiger partial charge on any atom is -0.449 e. The van der Waals surface area contributed by atoms with Crippen LogP contribution in [0.2, 0.25) is 25.7 Å². The zero-order valence-corrected chi connectivity index (χ0v) is 12.2. The largest absolute Gasteiger partial charge is 0.511 e. The molecule has 1 aromatic carbocycles. The molecule has 0 spiro atoms. The number of aryl methyl sites for hydroxylation is 1. The fraction of sp³-hybridized carbons (Fsp3) is 0.417. The molecule has 0 bridgehead atoms. The van der Waals surface area contributed by atoms with Gasteiger partial charge in [-0.1, -0.05) is 37.8 Å². The lowest BCUT2D eigenvalue weighted by Gasteiger charge is -2.15. The van der Waals surface area contributed by atoms with Crippen LogP contribution in [0.25, 0.3) is 0 Å². The third-order valence-electron chi connectivity index (χ3n) is 2.61. The molecule has 0 atom stereocenters. The van der Waals surface area contributed by atoms with Gasteiger partial charge in [-0.05, 0) is 12.5 Å². The molecule has 0 aliphatic heterocycles. The smallest absolute Gasteiger partial charge is 0.449 e. The van der Waals surface area contributed by atoms with E-state index in [1.165, 1.54) is 6.07 Å². The van der Waals surface area contributed by atoms with E-state index in [9.17, 15) is 14.9 Å². The summed E-state index contributed by atoms with van der Waals surface area (Å²) >= 11 is 0. The molecule has 1 aromatic rings. The van der Waals surface area contributed by atoms with E-state index in [0.717, 1.165) is 6.04 Å². The summed E-state index contributed by atoms with van der Waals surface area (Å²) in [5, 5.41) is 19.7. The molecule has 19 heavy (non-hydrogen) atoms. The second kappa shape index (κ2) is 5.83. The van der Waals surface area contributed by atoms with E-state index in [1.54, 1.807) is 12.1 Å². The predicted molar refractivity (Wildman–Crippen MR) is 73.6 cm³/mol. The van der Waals surface area contributed by atoms with E-state index < -0.39 is 19.2 Å². The Kier molecular flexibility index (Phi) is 4.65. The van der Waals surface area contributed by atoms with Crippen molar-refractivity contribution in [2.24, 2.45) is 0 Å². The Hall–Kier alpha value is -1.89. The highest BCUT2D eigenvalue weighted by molar-refractivity contribution is 6.76. The minimum atomic E-state index is -1.55. The summed E-state index contributed by atoms with van der Waals surface area (Å²) in [6.45, 7) is 6.53. The van der Waals surface area contributed by atoms with Gasteiger partial charge in [-0.3, -0.25) is 10.1 Å². The van der Waals surface area contributed by atoms with Crippen LogP contribution in [-0.2, 0) is 6.42 Å². The fourth-order valence-corrected chi connectivity index (χ4v) is 2.68. The normalized spacial score (nSPS) is 11.1. The van der Waals surface area contributed by atoms with Crippen molar-refractivity contribution in [3.05, 3.63) is 33.9 Å². The number of ether oxygens (including phenoxy) is 1. The zero-order valence-electron chi connectivity index (χ0n) is 11.2. The first-order chi connectivity index (χ1) is 8.70. The Balaban J connectivity index is 3.10. The van der Waals surface area contributed by atoms with Crippen molar-refractivity contribution < 1.29 is 19.6 Å². The van der Waals surface area contributed by atoms with Crippen LogP contribution in [0.4, 0.5) is 10.5 Å². The molecular weight excluding hydrogens is 266 g/mol. The van der Waals surface area contributed by atoms with E-state index in [2.05, 4.69) is 24.4 Å². The van der Waals surface area contributed by atoms with Crippen molar-refractivity contribution in [1.82, 2.24) is 0 Å². The van der Waals surface area contributed by atoms with Crippen molar-refractivity contribution in [2.75, 3.05) is 0 Å². The highest BCUT2D eigenvalue weighted by Gasteiger charge is 2.24. The summed E-state index contributed by atoms with van der Waals surface area (Å²) < 4.78 is 4.47. The highest BCUT2D eigenvalue weighted by atomic mass is 28.3. The molecule has 0 aliphatic carbocycles. The highest BCUT2D eigenvalue weighted by Crippen LogP contribution is 2.32. The standard InChI is InChI=1S/C12H17NO5Si/c1-19(2,3)8-7-9-5-4-6-10(18-12(14)15)11(9)13(16)17/h4-6H,7-8H2,1-3H3,(H,14,15). The number of carbonyl (C=O) groups is 1. The summed E-state index contributed by atoms with van der Waals surface area (Å²) in [7, 11) is -1.33. The van der Waals surface area contributed by atoms with Gasteiger partial charge in [-0.2, -0.15) is 0 Å². The molecule has 0 aliphatic rings. The molecule has 0 unspecified atom stereocenters. The zero-order chi connectivity index (χ0) is 14.6. The summed E-state index contributed by atoms with van der Waals surface area (Å²) in [6.07, 6.45) is -0.992. The van der Waals surface area contributed by atoms with Gasteiger partial charge in [-0.25, -0.2) is 4.79 Å². The Morgan fingerprint density at radius 3 is 2.53 bits per heavy atom. The van der Waals surface area contributed by atoms with E-state index in [4.69, 9.17) is 5.11 Å². The molecule has 0 fully saturated rings. The van der Waals surface area contributed by atoms with Gasteiger partial charge in [0.2, 0.25) is 5.75 Å². The first-order valence-electron chi connectivity index (χ1n) is 5.88. The summed E-state index contributed by atoms with van der Waals surface area (Å²) in [5.41, 5.74) is 0.273. The molecule has 104 valence electrons. The quantitative estimate of drug-likeness (QED) is 0.293. The van der Waals surface area contributed by atoms with Gasteiger partial charge in [0.1, 0.15) is 0 Å². The maximum Gasteiger partial charge on any atom is 0.511 e. The van der Waals surface area contributed by atoms with Crippen LogP contribution in [0.1, 0.15) is 5.56 Å². The lowest BCUT2D eigenvalue weighted by atomic mass is 10.1. The molecule has 7 heteroatoms. The molecule has 0 amide bonds. The molecule has 0 heterocycles. The number of nitrogens with zero attached hydrogens (tertiary/aromatic N) is 1. The van der Waals surface area contributed by atoms with Crippen molar-refractivity contribution in [2.45, 2.75) is 32.1 Å². The van der Waals surface area contributed by atoms with Crippen molar-refractivity contribution in [3.63, 3.8) is 0 Å². The van der Waals surface area contributed by atoms with Gasteiger partial charge in [0.25, 0.3) is 0 Å². The second-order valence-electron chi connectivity index (χ2n) is 5.45. The molecular formula is C12H17NO5Si. The van der Waals surface area contributed by atoms with Crippen LogP contribution in [0, 0.1) is 10.1 Å². The lowest BCUT2D eigenvalue weighted by Crippen LogP contribution is -2.20. The number of hydrogen-bond donors (Lipinski definition) is 1. The topological polar surface area (TPSA) is 89.7 Å². The number of nitro benzene ring substituents is 1. The van der Waals surface area contributed by atoms with Crippen LogP contribution in [-0.4, -0.2) is 24.3 Å². The summed E-state index contributed by atoms with van der Waals surface area (Å²) in [5.74, 6) is -0.217. The van der Waals surface area contributed by atoms with Crippen LogP contribution in [0.15, 0.2) is 18.2 Å². The van der Waals surface area contributed by atoms with Gasteiger partial charge < -0.3 is 9.84 Å². The van der Waals surface area contributed by atoms with Crippen LogP contribution in [0.3, 0.4) is 0 Å². The number of rotatable bonds is 5. The van der Waals surface area contributed by atoms with E-state index in [1.807, 2.05) is 0 Å². The van der Waals surface area contributed by atoms with Gasteiger partial charge in [-0.15, -0.1) is 0 Å². The first kappa shape index (κ1) is 15.2. The second-order valence-corrected chi connectivity index (χ2v) is 11.1. The number of benzene rings is 1. The maximum absolute atomic E-state index is 11.1. The molecule has 6 nitrogen and oxygen atoms in total. The van der Waals surface area contributed by atoms with Gasteiger partial charge in [0, 0.05) is 13.6 Å². The van der Waals surface area contributed by atoms with Gasteiger partial charge in [0.05, 0.1) is 4.92 Å². The maximum atomic E-state index is 11.1. The van der Waals surface area contributed by atoms with Gasteiger partial charge in [0.15, 0.2) is 0 Å². The average Bonchev–Trinajstić information content (AvgIpc) is 2.24. The molecule has 0 aromatic heterocycles. The minimum absolute atomic E-state index is 0.217. The molecule has 0 saturated carbocycles. The van der Waals surface area contributed by atoms with Crippen LogP contribution in [0.5, 0.6) is 5.75 Å². The van der Waals surface area contributed by atoms with Gasteiger partial charge >= 0.3 is 11.8 Å². The van der Waals surface area contributed by atoms with E-state index >= 15 is 0 Å². The van der Waals surface area contributed by atoms with Crippen molar-refractivity contribution in [1.29, 1.82) is 0 Å². The summed E-state index contributed by atoms with van der Waals surface area (Å²) in [4.78, 5) is 21.0. The molecule has 1 N–H and O–H groups in total. The molecule has 0 radical (unpaired) electrons. The monoisotopic (exact) mass is 283 g/mol. The summed E-state index contributed by atoms with van der Waals surface area (Å²) in [6, 6.07) is 5.41. The molecule has 0 saturated heterocycles. The number of nitro groups is 1. The predicted octanol–water partition coefficient (Wildman–Crippen LogP) is 3.53. The third-order valence-corrected chi connectivity index (χ3v) is 4.36. The number of hydrogen-bond acceptors (Lipinski definition) is 4. The Labute approximate surface area is 112 Å². The van der Waals surface area contributed by atoms with Crippen molar-refractivity contribution >= 4 is 19.9 Å². The third kappa shape index (κ3) is 4.70. The fourth-order valence-electron chi connectivity index (χ4n) is 1.66. The first-order valence-corrected chi connectivity index (χ1v) is 9.58. The molecule has 1 rings (SSSR count). The van der Waals surface area contributed by atoms with Crippen LogP contribution < -0.4 is 4.74 Å². The van der Waals surface area contributed by atoms with E-state index in [-0.39, 0.29) is 11.4 Å². The Bertz CT molecular complexity index is 495. The van der Waals surface area contributed by atoms with Crippen LogP contribution >= 0.6 is 0 Å². The SMILES string of the molecule is C[Si](C)(C)CCc1cccc(OC(=O)O)c1[N+](=O)[O-]. The number of para-hydroxylation sites is 1. The average molecular weight is 283 g/mol. The lowest BCUT2D eigenvalue weighted by molar-refractivity contribution is -0.386. The Morgan fingerprint density at radius 2 is 2.05 bits per heavy atom. The van der Waals surface area contributed by atoms with E-state index in [0.29, 0.717) is 12.0 Å². The number of carboxylic acid groups (broad SMARTS) is 1.